The maximum atomic E-state index is 12.3. The van der Waals surface area contributed by atoms with Crippen molar-refractivity contribution < 1.29 is 19.4 Å². The number of carbonyl (C=O) groups excluding carboxylic acids is 1. The molecule has 1 heterocycles. The average molecular weight is 347 g/mol. The summed E-state index contributed by atoms with van der Waals surface area (Å²) >= 11 is 0. The fourth-order valence-corrected chi connectivity index (χ4v) is 2.25. The highest BCUT2D eigenvalue weighted by atomic mass is 16.5. The minimum Gasteiger partial charge on any atom is -0.496 e. The monoisotopic (exact) mass is 347 g/mol. The van der Waals surface area contributed by atoms with Gasteiger partial charge in [0.05, 0.1) is 13.2 Å². The zero-order valence-corrected chi connectivity index (χ0v) is 13.8. The molecule has 9 heteroatoms. The number of ether oxygens (including phenoxy) is 1. The SMILES string of the molecule is COc1ccc([C@H](C)NC(=O)c2cn(C)c(=O)[nH]c2=O)cc1C(=O)O. The van der Waals surface area contributed by atoms with Crippen LogP contribution in [0.15, 0.2) is 34.0 Å². The summed E-state index contributed by atoms with van der Waals surface area (Å²) in [5.74, 6) is -1.65. The Labute approximate surface area is 141 Å². The van der Waals surface area contributed by atoms with Crippen molar-refractivity contribution in [3.63, 3.8) is 0 Å². The molecule has 3 N–H and O–H groups in total. The van der Waals surface area contributed by atoms with Gasteiger partial charge in [-0.05, 0) is 24.6 Å². The third kappa shape index (κ3) is 3.77. The first-order valence-electron chi connectivity index (χ1n) is 7.26. The van der Waals surface area contributed by atoms with Gasteiger partial charge in [-0.3, -0.25) is 14.6 Å². The van der Waals surface area contributed by atoms with E-state index in [4.69, 9.17) is 4.74 Å². The van der Waals surface area contributed by atoms with Gasteiger partial charge in [0.15, 0.2) is 0 Å². The number of aryl methyl sites for hydroxylation is 1. The Balaban J connectivity index is 2.29. The Morgan fingerprint density at radius 1 is 1.28 bits per heavy atom. The summed E-state index contributed by atoms with van der Waals surface area (Å²) in [7, 11) is 2.76. The predicted octanol–water partition coefficient (Wildman–Crippen LogP) is 0.271. The molecule has 1 aromatic carbocycles. The van der Waals surface area contributed by atoms with Crippen LogP contribution >= 0.6 is 0 Å². The fraction of sp³-hybridized carbons (Fsp3) is 0.250. The van der Waals surface area contributed by atoms with E-state index in [1.165, 1.54) is 26.3 Å². The zero-order chi connectivity index (χ0) is 18.7. The molecule has 0 saturated heterocycles. The summed E-state index contributed by atoms with van der Waals surface area (Å²) < 4.78 is 6.07. The van der Waals surface area contributed by atoms with Crippen molar-refractivity contribution in [1.29, 1.82) is 0 Å². The van der Waals surface area contributed by atoms with Crippen molar-refractivity contribution in [3.8, 4) is 5.75 Å². The zero-order valence-electron chi connectivity index (χ0n) is 13.8. The van der Waals surface area contributed by atoms with Gasteiger partial charge in [-0.15, -0.1) is 0 Å². The van der Waals surface area contributed by atoms with Gasteiger partial charge in [-0.25, -0.2) is 9.59 Å². The Morgan fingerprint density at radius 2 is 1.96 bits per heavy atom. The molecule has 0 radical (unpaired) electrons. The Bertz CT molecular complexity index is 944. The van der Waals surface area contributed by atoms with E-state index in [1.807, 2.05) is 4.98 Å². The number of rotatable bonds is 5. The molecule has 0 spiro atoms. The molecule has 2 aromatic rings. The third-order valence-electron chi connectivity index (χ3n) is 3.65. The number of nitrogens with one attached hydrogen (secondary N) is 2. The van der Waals surface area contributed by atoms with Crippen LogP contribution in [0, 0.1) is 0 Å². The first kappa shape index (κ1) is 18.0. The largest absolute Gasteiger partial charge is 0.496 e. The molecule has 25 heavy (non-hydrogen) atoms. The molecule has 0 aliphatic rings. The lowest BCUT2D eigenvalue weighted by atomic mass is 10.0. The van der Waals surface area contributed by atoms with Crippen molar-refractivity contribution in [1.82, 2.24) is 14.9 Å². The van der Waals surface area contributed by atoms with Crippen LogP contribution in [-0.4, -0.2) is 33.6 Å². The predicted molar refractivity (Wildman–Crippen MR) is 88.1 cm³/mol. The summed E-state index contributed by atoms with van der Waals surface area (Å²) in [5.41, 5.74) is -1.17. The van der Waals surface area contributed by atoms with E-state index in [0.29, 0.717) is 5.56 Å². The van der Waals surface area contributed by atoms with Crippen LogP contribution in [0.1, 0.15) is 39.2 Å². The van der Waals surface area contributed by atoms with E-state index in [1.54, 1.807) is 13.0 Å². The van der Waals surface area contributed by atoms with Crippen molar-refractivity contribution in [3.05, 3.63) is 61.9 Å². The van der Waals surface area contributed by atoms with Gasteiger partial charge >= 0.3 is 11.7 Å². The number of hydrogen-bond acceptors (Lipinski definition) is 5. The fourth-order valence-electron chi connectivity index (χ4n) is 2.25. The first-order chi connectivity index (χ1) is 11.7. The number of carboxylic acids is 1. The van der Waals surface area contributed by atoms with E-state index in [2.05, 4.69) is 5.32 Å². The van der Waals surface area contributed by atoms with Crippen LogP contribution in [0.25, 0.3) is 0 Å². The Kier molecular flexibility index (Phi) is 5.06. The van der Waals surface area contributed by atoms with Crippen molar-refractivity contribution in [2.24, 2.45) is 7.05 Å². The second kappa shape index (κ2) is 7.04. The van der Waals surface area contributed by atoms with E-state index >= 15 is 0 Å². The van der Waals surface area contributed by atoms with Crippen LogP contribution in [-0.2, 0) is 7.05 Å². The van der Waals surface area contributed by atoms with Crippen LogP contribution in [0.2, 0.25) is 0 Å². The number of carbonyl (C=O) groups is 2. The summed E-state index contributed by atoms with van der Waals surface area (Å²) in [5, 5.41) is 11.8. The van der Waals surface area contributed by atoms with Gasteiger partial charge in [0.2, 0.25) is 0 Å². The van der Waals surface area contributed by atoms with Gasteiger partial charge in [-0.1, -0.05) is 6.07 Å². The van der Waals surface area contributed by atoms with Crippen LogP contribution < -0.4 is 21.3 Å². The molecule has 0 aliphatic carbocycles. The molecule has 0 fully saturated rings. The van der Waals surface area contributed by atoms with Gasteiger partial charge in [0.1, 0.15) is 16.9 Å². The Morgan fingerprint density at radius 3 is 2.56 bits per heavy atom. The van der Waals surface area contributed by atoms with E-state index in [0.717, 1.165) is 10.8 Å². The lowest BCUT2D eigenvalue weighted by Crippen LogP contribution is -2.37. The van der Waals surface area contributed by atoms with Gasteiger partial charge in [0, 0.05) is 13.2 Å². The number of methoxy groups -OCH3 is 1. The summed E-state index contributed by atoms with van der Waals surface area (Å²) in [6.07, 6.45) is 1.14. The number of aromatic amines is 1. The number of aromatic nitrogens is 2. The van der Waals surface area contributed by atoms with E-state index < -0.39 is 29.2 Å². The van der Waals surface area contributed by atoms with Crippen molar-refractivity contribution in [2.45, 2.75) is 13.0 Å². The second-order valence-corrected chi connectivity index (χ2v) is 5.37. The molecule has 1 aromatic heterocycles. The number of benzene rings is 1. The van der Waals surface area contributed by atoms with Crippen LogP contribution in [0.5, 0.6) is 5.75 Å². The van der Waals surface area contributed by atoms with E-state index in [9.17, 15) is 24.3 Å². The molecule has 0 saturated carbocycles. The first-order valence-corrected chi connectivity index (χ1v) is 7.26. The van der Waals surface area contributed by atoms with Gasteiger partial charge in [-0.2, -0.15) is 0 Å². The maximum Gasteiger partial charge on any atom is 0.339 e. The van der Waals surface area contributed by atoms with Crippen molar-refractivity contribution in [2.75, 3.05) is 7.11 Å². The smallest absolute Gasteiger partial charge is 0.339 e. The summed E-state index contributed by atoms with van der Waals surface area (Å²) in [4.78, 5) is 48.7. The standard InChI is InChI=1S/C16H17N3O6/c1-8(9-4-5-12(25-3)10(6-9)15(22)23)17-13(20)11-7-19(2)16(24)18-14(11)21/h4-8H,1-3H3,(H,17,20)(H,22,23)(H,18,21,24)/t8-/m0/s1. The third-order valence-corrected chi connectivity index (χ3v) is 3.65. The molecule has 0 bridgehead atoms. The Hall–Kier alpha value is -3.36. The minimum absolute atomic E-state index is 0.0407. The quantitative estimate of drug-likeness (QED) is 0.712. The van der Waals surface area contributed by atoms with Gasteiger partial charge < -0.3 is 19.7 Å². The lowest BCUT2D eigenvalue weighted by molar-refractivity contribution is 0.0693. The summed E-state index contributed by atoms with van der Waals surface area (Å²) in [6.45, 7) is 1.64. The molecule has 1 amide bonds. The minimum atomic E-state index is -1.16. The number of H-pyrrole nitrogens is 1. The second-order valence-electron chi connectivity index (χ2n) is 5.37. The molecule has 2 rings (SSSR count). The van der Waals surface area contributed by atoms with Crippen LogP contribution in [0.4, 0.5) is 0 Å². The highest BCUT2D eigenvalue weighted by molar-refractivity contribution is 5.94. The molecule has 132 valence electrons. The van der Waals surface area contributed by atoms with Gasteiger partial charge in [0.25, 0.3) is 11.5 Å². The molecule has 9 nitrogen and oxygen atoms in total. The maximum absolute atomic E-state index is 12.3. The normalized spacial score (nSPS) is 11.6. The highest BCUT2D eigenvalue weighted by Gasteiger charge is 2.18. The van der Waals surface area contributed by atoms with Crippen molar-refractivity contribution >= 4 is 11.9 Å². The molecule has 1 atom stereocenters. The van der Waals surface area contributed by atoms with Crippen LogP contribution in [0.3, 0.4) is 0 Å². The number of amides is 1. The summed E-state index contributed by atoms with van der Waals surface area (Å²) in [6, 6.07) is 3.91. The number of carboxylic acid groups (broad SMARTS) is 1. The van der Waals surface area contributed by atoms with E-state index in [-0.39, 0.29) is 16.9 Å². The molecule has 0 aliphatic heterocycles. The number of aromatic carboxylic acids is 1. The number of hydrogen-bond donors (Lipinski definition) is 3. The highest BCUT2D eigenvalue weighted by Crippen LogP contribution is 2.23. The lowest BCUT2D eigenvalue weighted by Gasteiger charge is -2.16. The average Bonchev–Trinajstić information content (AvgIpc) is 2.57. The number of nitrogens with zero attached hydrogens (tertiary/aromatic N) is 1. The molecule has 0 unspecified atom stereocenters. The topological polar surface area (TPSA) is 130 Å². The molecular formula is C16H17N3O6. The molecular weight excluding hydrogens is 330 g/mol.